The molecule has 1 unspecified atom stereocenters. The summed E-state index contributed by atoms with van der Waals surface area (Å²) >= 11 is 0.211. The number of hydrogen-bond acceptors (Lipinski definition) is 0. The van der Waals surface area contributed by atoms with Crippen LogP contribution in [0.3, 0.4) is 0 Å². The summed E-state index contributed by atoms with van der Waals surface area (Å²) in [7, 11) is 0. The summed E-state index contributed by atoms with van der Waals surface area (Å²) in [6.07, 6.45) is 0. The van der Waals surface area contributed by atoms with Gasteiger partial charge in [-0.2, -0.15) is 9.90 Å². The Kier molecular flexibility index (Phi) is 12.3. The van der Waals surface area contributed by atoms with Crippen molar-refractivity contribution in [1.82, 2.24) is 0 Å². The van der Waals surface area contributed by atoms with Crippen molar-refractivity contribution >= 4 is 39.8 Å². The van der Waals surface area contributed by atoms with E-state index < -0.39 is 0 Å². The Labute approximate surface area is 237 Å². The SMILES string of the molecule is P.[Cl-].[Cl-].c1cc[c]([Ru+2][c]2ccccc2)cc1.c1ccc2c(-c3cccc4ccccc34)cccc2c1. The van der Waals surface area contributed by atoms with E-state index in [4.69, 9.17) is 0 Å². The standard InChI is InChI=1S/C20H14.2C6H5.2ClH.H3P.Ru/c1-3-11-17-15(7-1)9-5-13-19(17)20-14-6-10-16-8-2-4-12-18(16)20;2*1-2-4-6-5-3-1;;;;/h1-14H;2*1-5H;2*1H;1H3;/q;;;;;;+2/p-2. The molecule has 0 radical (unpaired) electrons. The molecule has 0 amide bonds. The topological polar surface area (TPSA) is 0 Å². The smallest absolute Gasteiger partial charge is 0.00992 e. The van der Waals surface area contributed by atoms with Crippen molar-refractivity contribution in [3.8, 4) is 11.1 Å². The zero-order chi connectivity index (χ0) is 22.3. The second kappa shape index (κ2) is 14.9. The summed E-state index contributed by atoms with van der Waals surface area (Å²) in [5.41, 5.74) is 2.61. The van der Waals surface area contributed by atoms with Crippen molar-refractivity contribution in [1.29, 1.82) is 0 Å². The average molecular weight is 615 g/mol. The summed E-state index contributed by atoms with van der Waals surface area (Å²) < 4.78 is 2.92. The Morgan fingerprint density at radius 3 is 1.08 bits per heavy atom. The van der Waals surface area contributed by atoms with Gasteiger partial charge in [-0.3, -0.25) is 0 Å². The maximum atomic E-state index is 2.21. The molecular formula is C32H27Cl2PRu. The molecule has 6 rings (SSSR count). The first-order valence-electron chi connectivity index (χ1n) is 11.1. The van der Waals surface area contributed by atoms with Crippen LogP contribution >= 0.6 is 9.90 Å². The van der Waals surface area contributed by atoms with Gasteiger partial charge in [0.1, 0.15) is 0 Å². The van der Waals surface area contributed by atoms with Crippen LogP contribution in [0.15, 0.2) is 146 Å². The van der Waals surface area contributed by atoms with Gasteiger partial charge in [0, 0.05) is 0 Å². The minimum atomic E-state index is 0. The molecule has 0 aromatic heterocycles. The van der Waals surface area contributed by atoms with E-state index in [1.54, 1.807) is 0 Å². The molecular weight excluding hydrogens is 587 g/mol. The molecule has 1 atom stereocenters. The number of rotatable bonds is 3. The van der Waals surface area contributed by atoms with E-state index in [2.05, 4.69) is 146 Å². The number of fused-ring (bicyclic) bond motifs is 2. The van der Waals surface area contributed by atoms with E-state index in [0.717, 1.165) is 0 Å². The maximum Gasteiger partial charge on any atom is -0.00992 e. The molecule has 0 N–H and O–H groups in total. The van der Waals surface area contributed by atoms with Gasteiger partial charge in [0.2, 0.25) is 0 Å². The first-order chi connectivity index (χ1) is 16.4. The van der Waals surface area contributed by atoms with Crippen molar-refractivity contribution < 1.29 is 41.9 Å². The predicted molar refractivity (Wildman–Crippen MR) is 150 cm³/mol. The van der Waals surface area contributed by atoms with Crippen LogP contribution in [0.5, 0.6) is 0 Å². The van der Waals surface area contributed by atoms with Crippen molar-refractivity contribution in [3.63, 3.8) is 0 Å². The van der Waals surface area contributed by atoms with Crippen LogP contribution in [0.25, 0.3) is 32.7 Å². The van der Waals surface area contributed by atoms with Gasteiger partial charge in [-0.25, -0.2) is 0 Å². The summed E-state index contributed by atoms with van der Waals surface area (Å²) in [5, 5.41) is 5.20. The molecule has 0 fully saturated rings. The van der Waals surface area contributed by atoms with Gasteiger partial charge in [0.25, 0.3) is 0 Å². The number of hydrogen-bond donors (Lipinski definition) is 0. The molecule has 0 bridgehead atoms. The zero-order valence-electron chi connectivity index (χ0n) is 19.7. The fourth-order valence-electron chi connectivity index (χ4n) is 3.98. The van der Waals surface area contributed by atoms with Gasteiger partial charge in [0.15, 0.2) is 0 Å². The van der Waals surface area contributed by atoms with E-state index in [1.807, 2.05) is 0 Å². The molecule has 0 nitrogen and oxygen atoms in total. The van der Waals surface area contributed by atoms with Crippen molar-refractivity contribution in [2.45, 2.75) is 0 Å². The minimum Gasteiger partial charge on any atom is -0.0616 e. The van der Waals surface area contributed by atoms with Crippen LogP contribution < -0.4 is 33.1 Å². The zero-order valence-corrected chi connectivity index (χ0v) is 24.3. The van der Waals surface area contributed by atoms with Crippen LogP contribution in [0.4, 0.5) is 0 Å². The molecule has 0 saturated heterocycles. The third kappa shape index (κ3) is 7.25. The number of halogens is 2. The third-order valence-electron chi connectivity index (χ3n) is 5.52. The molecule has 0 saturated carbocycles. The minimum absolute atomic E-state index is 0. The molecule has 36 heavy (non-hydrogen) atoms. The Hall–Kier alpha value is -2.53. The molecule has 6 aromatic rings. The van der Waals surface area contributed by atoms with Gasteiger partial charge in [-0.15, -0.1) is 0 Å². The van der Waals surface area contributed by atoms with Gasteiger partial charge < -0.3 is 24.8 Å². The van der Waals surface area contributed by atoms with Crippen LogP contribution in [-0.2, 0) is 17.1 Å². The molecule has 0 spiro atoms. The Balaban J connectivity index is 0.000000252. The number of benzene rings is 6. The average Bonchev–Trinajstić information content (AvgIpc) is 2.90. The second-order valence-electron chi connectivity index (χ2n) is 7.70. The van der Waals surface area contributed by atoms with Gasteiger partial charge in [0.05, 0.1) is 0 Å². The summed E-state index contributed by atoms with van der Waals surface area (Å²) in [6.45, 7) is 0. The van der Waals surface area contributed by atoms with Crippen LogP contribution in [0.1, 0.15) is 0 Å². The van der Waals surface area contributed by atoms with Gasteiger partial charge in [-0.1, -0.05) is 84.9 Å². The van der Waals surface area contributed by atoms with E-state index in [1.165, 1.54) is 41.0 Å². The van der Waals surface area contributed by atoms with Crippen LogP contribution in [0.2, 0.25) is 0 Å². The first-order valence-corrected chi connectivity index (χ1v) is 12.8. The van der Waals surface area contributed by atoms with Crippen molar-refractivity contribution in [2.24, 2.45) is 0 Å². The largest absolute Gasteiger partial charge is 0.0616 e. The van der Waals surface area contributed by atoms with Crippen molar-refractivity contribution in [2.75, 3.05) is 0 Å². The van der Waals surface area contributed by atoms with Gasteiger partial charge >= 0.3 is 86.1 Å². The Morgan fingerprint density at radius 2 is 0.667 bits per heavy atom. The van der Waals surface area contributed by atoms with E-state index in [0.29, 0.717) is 0 Å². The monoisotopic (exact) mass is 614 g/mol. The summed E-state index contributed by atoms with van der Waals surface area (Å²) in [5.74, 6) is 0. The molecule has 0 aliphatic heterocycles. The third-order valence-corrected chi connectivity index (χ3v) is 7.69. The molecule has 182 valence electrons. The van der Waals surface area contributed by atoms with Crippen LogP contribution in [-0.4, -0.2) is 0 Å². The molecule has 0 aliphatic rings. The molecule has 4 heteroatoms. The first kappa shape index (κ1) is 29.7. The quantitative estimate of drug-likeness (QED) is 0.209. The predicted octanol–water partition coefficient (Wildman–Crippen LogP) is 1.45. The summed E-state index contributed by atoms with van der Waals surface area (Å²) in [6, 6.07) is 51.5. The Morgan fingerprint density at radius 1 is 0.333 bits per heavy atom. The normalized spacial score (nSPS) is 9.67. The summed E-state index contributed by atoms with van der Waals surface area (Å²) in [4.78, 5) is 0. The van der Waals surface area contributed by atoms with E-state index in [-0.39, 0.29) is 51.8 Å². The fraction of sp³-hybridized carbons (Fsp3) is 0. The van der Waals surface area contributed by atoms with Crippen LogP contribution in [0, 0.1) is 0 Å². The van der Waals surface area contributed by atoms with E-state index >= 15 is 0 Å². The van der Waals surface area contributed by atoms with Crippen molar-refractivity contribution in [3.05, 3.63) is 146 Å². The molecule has 0 aliphatic carbocycles. The fourth-order valence-corrected chi connectivity index (χ4v) is 5.80. The van der Waals surface area contributed by atoms with E-state index in [9.17, 15) is 0 Å². The van der Waals surface area contributed by atoms with Gasteiger partial charge in [-0.05, 0) is 32.7 Å². The maximum absolute atomic E-state index is 2.21. The molecule has 6 aromatic carbocycles. The Bertz CT molecular complexity index is 1360. The second-order valence-corrected chi connectivity index (χ2v) is 10.1. The molecule has 0 heterocycles.